The monoisotopic (exact) mass is 239 g/mol. The van der Waals surface area contributed by atoms with E-state index in [9.17, 15) is 9.59 Å². The molecule has 0 aromatic rings. The highest BCUT2D eigenvalue weighted by molar-refractivity contribution is 5.78. The topological polar surface area (TPSA) is 61.4 Å². The van der Waals surface area contributed by atoms with Gasteiger partial charge in [0.15, 0.2) is 0 Å². The number of carbonyl (C=O) groups is 2. The molecule has 0 aliphatic carbocycles. The molecule has 5 nitrogen and oxygen atoms in total. The summed E-state index contributed by atoms with van der Waals surface area (Å²) in [6.45, 7) is 2.86. The van der Waals surface area contributed by atoms with Crippen LogP contribution in [0.15, 0.2) is 0 Å². The molecule has 0 spiro atoms. The van der Waals surface area contributed by atoms with Gasteiger partial charge >= 0.3 is 0 Å². The van der Waals surface area contributed by atoms with Crippen molar-refractivity contribution >= 4 is 11.8 Å². The molecule has 2 aliphatic rings. The molecule has 2 N–H and O–H groups in total. The zero-order valence-corrected chi connectivity index (χ0v) is 10.2. The van der Waals surface area contributed by atoms with E-state index < -0.39 is 0 Å². The fourth-order valence-electron chi connectivity index (χ4n) is 2.39. The first kappa shape index (κ1) is 12.4. The minimum Gasteiger partial charge on any atom is -0.355 e. The molecule has 1 unspecified atom stereocenters. The van der Waals surface area contributed by atoms with Crippen LogP contribution in [0.3, 0.4) is 0 Å². The van der Waals surface area contributed by atoms with Gasteiger partial charge in [0.25, 0.3) is 0 Å². The summed E-state index contributed by atoms with van der Waals surface area (Å²) in [6.07, 6.45) is 4.90. The molecule has 2 saturated heterocycles. The van der Waals surface area contributed by atoms with Crippen LogP contribution in [0.4, 0.5) is 0 Å². The lowest BCUT2D eigenvalue weighted by Crippen LogP contribution is -2.49. The van der Waals surface area contributed by atoms with Crippen molar-refractivity contribution in [2.75, 3.05) is 26.2 Å². The Morgan fingerprint density at radius 2 is 2.12 bits per heavy atom. The van der Waals surface area contributed by atoms with E-state index in [1.165, 1.54) is 6.42 Å². The average molecular weight is 239 g/mol. The summed E-state index contributed by atoms with van der Waals surface area (Å²) in [5.41, 5.74) is 0. The van der Waals surface area contributed by atoms with E-state index in [1.54, 1.807) is 0 Å². The molecule has 0 aromatic carbocycles. The Balaban J connectivity index is 1.67. The Morgan fingerprint density at radius 1 is 1.35 bits per heavy atom. The van der Waals surface area contributed by atoms with Crippen LogP contribution in [0.2, 0.25) is 0 Å². The van der Waals surface area contributed by atoms with Gasteiger partial charge in [0, 0.05) is 32.1 Å². The highest BCUT2D eigenvalue weighted by atomic mass is 16.2. The van der Waals surface area contributed by atoms with E-state index in [2.05, 4.69) is 10.6 Å². The van der Waals surface area contributed by atoms with Gasteiger partial charge < -0.3 is 15.5 Å². The van der Waals surface area contributed by atoms with Crippen LogP contribution in [-0.2, 0) is 9.59 Å². The smallest absolute Gasteiger partial charge is 0.236 e. The number of hydrogen-bond donors (Lipinski definition) is 2. The number of amides is 2. The number of rotatable bonds is 3. The Labute approximate surface area is 102 Å². The Bertz CT molecular complexity index is 277. The van der Waals surface area contributed by atoms with Gasteiger partial charge in [-0.25, -0.2) is 0 Å². The van der Waals surface area contributed by atoms with Crippen molar-refractivity contribution in [3.63, 3.8) is 0 Å². The molecule has 0 saturated carbocycles. The van der Waals surface area contributed by atoms with E-state index in [0.29, 0.717) is 19.5 Å². The molecule has 5 heteroatoms. The summed E-state index contributed by atoms with van der Waals surface area (Å²) in [5, 5.41) is 6.04. The molecule has 0 aromatic heterocycles. The normalized spacial score (nSPS) is 25.5. The molecule has 2 rings (SSSR count). The number of nitrogens with zero attached hydrogens (tertiary/aromatic N) is 1. The summed E-state index contributed by atoms with van der Waals surface area (Å²) in [6, 6.07) is 0.251. The molecule has 2 aliphatic heterocycles. The largest absolute Gasteiger partial charge is 0.355 e. The third-order valence-corrected chi connectivity index (χ3v) is 3.52. The van der Waals surface area contributed by atoms with Gasteiger partial charge in [-0.05, 0) is 25.7 Å². The maximum Gasteiger partial charge on any atom is 0.236 e. The molecule has 2 amide bonds. The Kier molecular flexibility index (Phi) is 4.36. The summed E-state index contributed by atoms with van der Waals surface area (Å²) < 4.78 is 0. The van der Waals surface area contributed by atoms with Crippen LogP contribution in [0.1, 0.15) is 32.1 Å². The van der Waals surface area contributed by atoms with Crippen LogP contribution in [0.25, 0.3) is 0 Å². The quantitative estimate of drug-likeness (QED) is 0.721. The minimum absolute atomic E-state index is 0.116. The zero-order valence-electron chi connectivity index (χ0n) is 10.2. The van der Waals surface area contributed by atoms with Crippen LogP contribution in [0.5, 0.6) is 0 Å². The van der Waals surface area contributed by atoms with Crippen molar-refractivity contribution < 1.29 is 9.59 Å². The van der Waals surface area contributed by atoms with Crippen molar-refractivity contribution in [1.82, 2.24) is 15.5 Å². The van der Waals surface area contributed by atoms with E-state index >= 15 is 0 Å². The Hall–Kier alpha value is -1.10. The fraction of sp³-hybridized carbons (Fsp3) is 0.833. The second-order valence-electron chi connectivity index (χ2n) is 4.86. The predicted molar refractivity (Wildman–Crippen MR) is 64.5 cm³/mol. The summed E-state index contributed by atoms with van der Waals surface area (Å²) >= 11 is 0. The predicted octanol–water partition coefficient (Wildman–Crippen LogP) is -0.133. The second kappa shape index (κ2) is 6.00. The first-order chi connectivity index (χ1) is 8.25. The van der Waals surface area contributed by atoms with Gasteiger partial charge in [0.1, 0.15) is 0 Å². The standard InChI is InChI=1S/C12H21N3O2/c16-11-5-4-10(8-14-11)13-9-12(17)15-6-2-1-3-7-15/h10,13H,1-9H2,(H,14,16). The minimum atomic E-state index is 0.116. The van der Waals surface area contributed by atoms with E-state index in [0.717, 1.165) is 32.4 Å². The lowest BCUT2D eigenvalue weighted by Gasteiger charge is -2.28. The van der Waals surface area contributed by atoms with Crippen LogP contribution < -0.4 is 10.6 Å². The lowest BCUT2D eigenvalue weighted by molar-refractivity contribution is -0.131. The van der Waals surface area contributed by atoms with Crippen molar-refractivity contribution in [3.05, 3.63) is 0 Å². The van der Waals surface area contributed by atoms with Gasteiger partial charge in [-0.15, -0.1) is 0 Å². The third kappa shape index (κ3) is 3.70. The van der Waals surface area contributed by atoms with E-state index in [-0.39, 0.29) is 17.9 Å². The molecule has 1 atom stereocenters. The van der Waals surface area contributed by atoms with Gasteiger partial charge in [0.05, 0.1) is 6.54 Å². The van der Waals surface area contributed by atoms with Gasteiger partial charge in [-0.1, -0.05) is 0 Å². The van der Waals surface area contributed by atoms with E-state index in [4.69, 9.17) is 0 Å². The zero-order chi connectivity index (χ0) is 12.1. The van der Waals surface area contributed by atoms with E-state index in [1.807, 2.05) is 4.90 Å². The second-order valence-corrected chi connectivity index (χ2v) is 4.86. The number of hydrogen-bond acceptors (Lipinski definition) is 3. The summed E-state index contributed by atoms with van der Waals surface area (Å²) in [4.78, 5) is 24.8. The van der Waals surface area contributed by atoms with Crippen molar-refractivity contribution in [2.45, 2.75) is 38.1 Å². The van der Waals surface area contributed by atoms with Crippen molar-refractivity contribution in [2.24, 2.45) is 0 Å². The number of likely N-dealkylation sites (tertiary alicyclic amines) is 1. The van der Waals surface area contributed by atoms with Crippen molar-refractivity contribution in [1.29, 1.82) is 0 Å². The summed E-state index contributed by atoms with van der Waals surface area (Å²) in [5.74, 6) is 0.312. The number of piperidine rings is 2. The molecule has 0 bridgehead atoms. The lowest BCUT2D eigenvalue weighted by atomic mass is 10.1. The molecule has 17 heavy (non-hydrogen) atoms. The third-order valence-electron chi connectivity index (χ3n) is 3.52. The molecular formula is C12H21N3O2. The maximum atomic E-state index is 11.9. The number of nitrogens with one attached hydrogen (secondary N) is 2. The SMILES string of the molecule is O=C1CCC(NCC(=O)N2CCCCC2)CN1. The van der Waals surface area contributed by atoms with Gasteiger partial charge in [-0.2, -0.15) is 0 Å². The Morgan fingerprint density at radius 3 is 2.76 bits per heavy atom. The average Bonchev–Trinajstić information content (AvgIpc) is 2.39. The number of carbonyl (C=O) groups excluding carboxylic acids is 2. The van der Waals surface area contributed by atoms with Gasteiger partial charge in [0.2, 0.25) is 11.8 Å². The molecule has 96 valence electrons. The maximum absolute atomic E-state index is 11.9. The van der Waals surface area contributed by atoms with Crippen LogP contribution >= 0.6 is 0 Å². The van der Waals surface area contributed by atoms with Crippen LogP contribution in [-0.4, -0.2) is 48.9 Å². The summed E-state index contributed by atoms with van der Waals surface area (Å²) in [7, 11) is 0. The fourth-order valence-corrected chi connectivity index (χ4v) is 2.39. The van der Waals surface area contributed by atoms with Crippen molar-refractivity contribution in [3.8, 4) is 0 Å². The first-order valence-electron chi connectivity index (χ1n) is 6.53. The highest BCUT2D eigenvalue weighted by Crippen LogP contribution is 2.08. The van der Waals surface area contributed by atoms with Gasteiger partial charge in [-0.3, -0.25) is 9.59 Å². The molecular weight excluding hydrogens is 218 g/mol. The molecule has 2 fully saturated rings. The molecule has 0 radical (unpaired) electrons. The first-order valence-corrected chi connectivity index (χ1v) is 6.53. The van der Waals surface area contributed by atoms with Crippen LogP contribution in [0, 0.1) is 0 Å². The molecule has 2 heterocycles. The highest BCUT2D eigenvalue weighted by Gasteiger charge is 2.20.